The largest absolute Gasteiger partial charge is 0.346 e. The van der Waals surface area contributed by atoms with E-state index >= 15 is 0 Å². The van der Waals surface area contributed by atoms with Crippen LogP contribution in [-0.2, 0) is 19.5 Å². The molecule has 0 saturated heterocycles. The third-order valence-corrected chi connectivity index (χ3v) is 3.92. The lowest BCUT2D eigenvalue weighted by Crippen LogP contribution is -2.29. The summed E-state index contributed by atoms with van der Waals surface area (Å²) in [4.78, 5) is 16.7. The highest BCUT2D eigenvalue weighted by molar-refractivity contribution is 5.96. The molecule has 0 spiro atoms. The summed E-state index contributed by atoms with van der Waals surface area (Å²) in [6.07, 6.45) is 2.66. The first kappa shape index (κ1) is 13.8. The van der Waals surface area contributed by atoms with Crippen LogP contribution < -0.4 is 10.6 Å². The number of rotatable bonds is 3. The van der Waals surface area contributed by atoms with Crippen molar-refractivity contribution in [3.8, 4) is 0 Å². The maximum absolute atomic E-state index is 12.4. The second kappa shape index (κ2) is 6.06. The summed E-state index contributed by atoms with van der Waals surface area (Å²) >= 11 is 0. The van der Waals surface area contributed by atoms with E-state index in [9.17, 15) is 4.79 Å². The molecule has 1 aromatic carbocycles. The topological polar surface area (TPSA) is 54.0 Å². The average molecular weight is 281 g/mol. The van der Waals surface area contributed by atoms with Crippen LogP contribution in [0.2, 0.25) is 0 Å². The number of pyridine rings is 1. The van der Waals surface area contributed by atoms with Gasteiger partial charge in [0.1, 0.15) is 0 Å². The standard InChI is InChI=1S/C17H19N3O/c1-12-4-3-8-19-16(12)11-20-17(21)15-6-2-5-13-10-18-9-7-14(13)15/h2-6,8,18H,7,9-11H2,1H3,(H,20,21). The fraction of sp³-hybridized carbons (Fsp3) is 0.294. The zero-order valence-electron chi connectivity index (χ0n) is 12.1. The second-order valence-electron chi connectivity index (χ2n) is 5.32. The molecule has 4 nitrogen and oxygen atoms in total. The van der Waals surface area contributed by atoms with Gasteiger partial charge in [0.25, 0.3) is 5.91 Å². The Labute approximate surface area is 124 Å². The lowest BCUT2D eigenvalue weighted by atomic mass is 9.95. The molecular weight excluding hydrogens is 262 g/mol. The Balaban J connectivity index is 1.76. The molecule has 0 bridgehead atoms. The molecule has 0 atom stereocenters. The molecule has 2 heterocycles. The number of hydrogen-bond acceptors (Lipinski definition) is 3. The van der Waals surface area contributed by atoms with Crippen LogP contribution in [-0.4, -0.2) is 17.4 Å². The first-order valence-electron chi connectivity index (χ1n) is 7.26. The molecule has 1 aliphatic heterocycles. The predicted octanol–water partition coefficient (Wildman–Crippen LogP) is 1.97. The first-order chi connectivity index (χ1) is 10.3. The molecule has 4 heteroatoms. The van der Waals surface area contributed by atoms with E-state index in [2.05, 4.69) is 21.7 Å². The number of aromatic nitrogens is 1. The van der Waals surface area contributed by atoms with Crippen LogP contribution in [0.4, 0.5) is 0 Å². The minimum absolute atomic E-state index is 0.0150. The maximum atomic E-state index is 12.4. The maximum Gasteiger partial charge on any atom is 0.251 e. The zero-order chi connectivity index (χ0) is 14.7. The Kier molecular flexibility index (Phi) is 3.97. The van der Waals surface area contributed by atoms with E-state index in [1.165, 1.54) is 11.1 Å². The number of benzene rings is 1. The number of fused-ring (bicyclic) bond motifs is 1. The second-order valence-corrected chi connectivity index (χ2v) is 5.32. The first-order valence-corrected chi connectivity index (χ1v) is 7.26. The van der Waals surface area contributed by atoms with E-state index in [-0.39, 0.29) is 5.91 Å². The molecule has 1 amide bonds. The van der Waals surface area contributed by atoms with Crippen LogP contribution in [0.5, 0.6) is 0 Å². The SMILES string of the molecule is Cc1cccnc1CNC(=O)c1cccc2c1CCNC2. The van der Waals surface area contributed by atoms with Crippen molar-refractivity contribution in [3.63, 3.8) is 0 Å². The Morgan fingerprint density at radius 3 is 3.10 bits per heavy atom. The molecule has 0 aliphatic carbocycles. The minimum atomic E-state index is -0.0150. The molecule has 0 radical (unpaired) electrons. The fourth-order valence-corrected chi connectivity index (χ4v) is 2.71. The van der Waals surface area contributed by atoms with Gasteiger partial charge in [-0.05, 0) is 48.7 Å². The van der Waals surface area contributed by atoms with Gasteiger partial charge in [0, 0.05) is 18.3 Å². The van der Waals surface area contributed by atoms with Crippen molar-refractivity contribution in [3.05, 3.63) is 64.5 Å². The number of aryl methyl sites for hydroxylation is 1. The summed E-state index contributed by atoms with van der Waals surface area (Å²) in [6, 6.07) is 9.85. The summed E-state index contributed by atoms with van der Waals surface area (Å²) < 4.78 is 0. The molecule has 0 unspecified atom stereocenters. The van der Waals surface area contributed by atoms with Crippen LogP contribution in [0, 0.1) is 6.92 Å². The lowest BCUT2D eigenvalue weighted by Gasteiger charge is -2.20. The van der Waals surface area contributed by atoms with Crippen molar-refractivity contribution in [1.82, 2.24) is 15.6 Å². The lowest BCUT2D eigenvalue weighted by molar-refractivity contribution is 0.0949. The van der Waals surface area contributed by atoms with Crippen LogP contribution in [0.3, 0.4) is 0 Å². The predicted molar refractivity (Wildman–Crippen MR) is 82.0 cm³/mol. The summed E-state index contributed by atoms with van der Waals surface area (Å²) in [5.74, 6) is -0.0150. The van der Waals surface area contributed by atoms with E-state index in [0.29, 0.717) is 6.54 Å². The minimum Gasteiger partial charge on any atom is -0.346 e. The molecule has 1 aromatic heterocycles. The molecule has 0 fully saturated rings. The number of nitrogens with zero attached hydrogens (tertiary/aromatic N) is 1. The van der Waals surface area contributed by atoms with Crippen LogP contribution >= 0.6 is 0 Å². The molecule has 21 heavy (non-hydrogen) atoms. The third kappa shape index (κ3) is 2.95. The van der Waals surface area contributed by atoms with Gasteiger partial charge in [-0.2, -0.15) is 0 Å². The summed E-state index contributed by atoms with van der Waals surface area (Å²) in [6.45, 7) is 4.24. The van der Waals surface area contributed by atoms with E-state index in [1.807, 2.05) is 31.2 Å². The Morgan fingerprint density at radius 1 is 1.33 bits per heavy atom. The van der Waals surface area contributed by atoms with E-state index < -0.39 is 0 Å². The van der Waals surface area contributed by atoms with Crippen LogP contribution in [0.25, 0.3) is 0 Å². The van der Waals surface area contributed by atoms with Gasteiger partial charge in [-0.1, -0.05) is 18.2 Å². The van der Waals surface area contributed by atoms with Gasteiger partial charge in [0.2, 0.25) is 0 Å². The summed E-state index contributed by atoms with van der Waals surface area (Å²) in [7, 11) is 0. The van der Waals surface area contributed by atoms with E-state index in [4.69, 9.17) is 0 Å². The number of hydrogen-bond donors (Lipinski definition) is 2. The molecule has 2 aromatic rings. The van der Waals surface area contributed by atoms with Gasteiger partial charge < -0.3 is 10.6 Å². The quantitative estimate of drug-likeness (QED) is 0.904. The number of amides is 1. The fourth-order valence-electron chi connectivity index (χ4n) is 2.71. The Morgan fingerprint density at radius 2 is 2.24 bits per heavy atom. The normalized spacial score (nSPS) is 13.6. The van der Waals surface area contributed by atoms with Crippen LogP contribution in [0.1, 0.15) is 32.7 Å². The van der Waals surface area contributed by atoms with Gasteiger partial charge in [0.15, 0.2) is 0 Å². The molecule has 1 aliphatic rings. The highest BCUT2D eigenvalue weighted by atomic mass is 16.1. The molecule has 3 rings (SSSR count). The summed E-state index contributed by atoms with van der Waals surface area (Å²) in [5, 5.41) is 6.32. The molecule has 0 saturated carbocycles. The Bertz CT molecular complexity index is 667. The van der Waals surface area contributed by atoms with Crippen LogP contribution in [0.15, 0.2) is 36.5 Å². The van der Waals surface area contributed by atoms with Crippen molar-refractivity contribution in [2.75, 3.05) is 6.54 Å². The van der Waals surface area contributed by atoms with Crippen molar-refractivity contribution in [2.45, 2.75) is 26.4 Å². The number of carbonyl (C=O) groups excluding carboxylic acids is 1. The Hall–Kier alpha value is -2.20. The summed E-state index contributed by atoms with van der Waals surface area (Å²) in [5.41, 5.74) is 5.20. The highest BCUT2D eigenvalue weighted by Crippen LogP contribution is 2.18. The monoisotopic (exact) mass is 281 g/mol. The zero-order valence-corrected chi connectivity index (χ0v) is 12.1. The third-order valence-electron chi connectivity index (χ3n) is 3.92. The average Bonchev–Trinajstić information content (AvgIpc) is 2.53. The van der Waals surface area contributed by atoms with Gasteiger partial charge in [0.05, 0.1) is 12.2 Å². The van der Waals surface area contributed by atoms with Crippen molar-refractivity contribution >= 4 is 5.91 Å². The van der Waals surface area contributed by atoms with Crippen molar-refractivity contribution in [2.24, 2.45) is 0 Å². The number of nitrogens with one attached hydrogen (secondary N) is 2. The van der Waals surface area contributed by atoms with Gasteiger partial charge in [-0.15, -0.1) is 0 Å². The molecule has 2 N–H and O–H groups in total. The highest BCUT2D eigenvalue weighted by Gasteiger charge is 2.17. The van der Waals surface area contributed by atoms with E-state index in [0.717, 1.165) is 36.3 Å². The van der Waals surface area contributed by atoms with Gasteiger partial charge >= 0.3 is 0 Å². The molecular formula is C17H19N3O. The van der Waals surface area contributed by atoms with Gasteiger partial charge in [-0.25, -0.2) is 0 Å². The molecule has 108 valence electrons. The van der Waals surface area contributed by atoms with Crippen molar-refractivity contribution < 1.29 is 4.79 Å². The van der Waals surface area contributed by atoms with E-state index in [1.54, 1.807) is 6.20 Å². The smallest absolute Gasteiger partial charge is 0.251 e. The number of carbonyl (C=O) groups is 1. The van der Waals surface area contributed by atoms with Crippen molar-refractivity contribution in [1.29, 1.82) is 0 Å². The van der Waals surface area contributed by atoms with Gasteiger partial charge in [-0.3, -0.25) is 9.78 Å².